The van der Waals surface area contributed by atoms with Crippen LogP contribution in [0.25, 0.3) is 5.95 Å². The summed E-state index contributed by atoms with van der Waals surface area (Å²) in [4.78, 5) is 17.8. The van der Waals surface area contributed by atoms with Crippen molar-refractivity contribution in [2.45, 2.75) is 13.8 Å². The molecule has 2 aromatic heterocycles. The van der Waals surface area contributed by atoms with Gasteiger partial charge in [-0.3, -0.25) is 10.1 Å². The van der Waals surface area contributed by atoms with Gasteiger partial charge in [-0.2, -0.15) is 5.10 Å². The number of hydrogen-bond donors (Lipinski definition) is 0. The number of aromatic nitrogens is 4. The summed E-state index contributed by atoms with van der Waals surface area (Å²) in [6.07, 6.45) is 2.32. The van der Waals surface area contributed by atoms with Crippen molar-refractivity contribution in [1.82, 2.24) is 19.7 Å². The Morgan fingerprint density at radius 2 is 1.94 bits per heavy atom. The Morgan fingerprint density at radius 1 is 1.35 bits per heavy atom. The van der Waals surface area contributed by atoms with E-state index in [1.807, 2.05) is 13.8 Å². The monoisotopic (exact) mass is 297 g/mol. The molecule has 8 heteroatoms. The van der Waals surface area contributed by atoms with Gasteiger partial charge in [-0.15, -0.1) is 0 Å². The third-order valence-electron chi connectivity index (χ3n) is 2.23. The Balaban J connectivity index is 2.47. The normalized spacial score (nSPS) is 10.5. The van der Waals surface area contributed by atoms with Crippen LogP contribution >= 0.6 is 15.9 Å². The van der Waals surface area contributed by atoms with Gasteiger partial charge in [0.05, 0.1) is 20.8 Å². The van der Waals surface area contributed by atoms with Gasteiger partial charge >= 0.3 is 5.69 Å². The van der Waals surface area contributed by atoms with E-state index < -0.39 is 4.92 Å². The number of nitro groups is 1. The molecular formula is C9H8BrN5O2. The fourth-order valence-corrected chi connectivity index (χ4v) is 1.58. The first-order valence-corrected chi connectivity index (χ1v) is 5.48. The fourth-order valence-electron chi connectivity index (χ4n) is 1.34. The van der Waals surface area contributed by atoms with Crippen molar-refractivity contribution in [1.29, 1.82) is 0 Å². The second kappa shape index (κ2) is 4.21. The van der Waals surface area contributed by atoms with Gasteiger partial charge in [0.1, 0.15) is 12.4 Å². The Hall–Kier alpha value is -1.83. The van der Waals surface area contributed by atoms with Gasteiger partial charge in [0, 0.05) is 0 Å². The lowest BCUT2D eigenvalue weighted by Crippen LogP contribution is -2.05. The molecule has 0 N–H and O–H groups in total. The van der Waals surface area contributed by atoms with Gasteiger partial charge in [-0.25, -0.2) is 14.6 Å². The minimum Gasteiger partial charge on any atom is -0.258 e. The van der Waals surface area contributed by atoms with Crippen LogP contribution in [-0.4, -0.2) is 24.7 Å². The number of aryl methyl sites for hydroxylation is 1. The minimum atomic E-state index is -0.541. The molecule has 0 spiro atoms. The van der Waals surface area contributed by atoms with Crippen LogP contribution in [0.2, 0.25) is 0 Å². The van der Waals surface area contributed by atoms with Crippen LogP contribution in [0.5, 0.6) is 0 Å². The van der Waals surface area contributed by atoms with Gasteiger partial charge in [0.15, 0.2) is 0 Å². The number of halogens is 1. The zero-order chi connectivity index (χ0) is 12.6. The maximum Gasteiger partial charge on any atom is 0.305 e. The average molecular weight is 298 g/mol. The minimum absolute atomic E-state index is 0.144. The molecule has 0 aromatic carbocycles. The molecule has 0 bridgehead atoms. The molecule has 0 radical (unpaired) electrons. The zero-order valence-corrected chi connectivity index (χ0v) is 10.7. The molecule has 2 rings (SSSR count). The predicted molar refractivity (Wildman–Crippen MR) is 63.0 cm³/mol. The van der Waals surface area contributed by atoms with Crippen molar-refractivity contribution in [3.63, 3.8) is 0 Å². The highest BCUT2D eigenvalue weighted by atomic mass is 79.9. The third-order valence-corrected chi connectivity index (χ3v) is 3.38. The summed E-state index contributed by atoms with van der Waals surface area (Å²) >= 11 is 3.39. The molecule has 0 atom stereocenters. The van der Waals surface area contributed by atoms with E-state index in [9.17, 15) is 10.1 Å². The first-order chi connectivity index (χ1) is 8.00. The maximum atomic E-state index is 10.5. The van der Waals surface area contributed by atoms with E-state index in [2.05, 4.69) is 31.0 Å². The summed E-state index contributed by atoms with van der Waals surface area (Å²) in [7, 11) is 0. The molecule has 2 aromatic rings. The van der Waals surface area contributed by atoms with Crippen LogP contribution in [0, 0.1) is 24.0 Å². The van der Waals surface area contributed by atoms with Crippen molar-refractivity contribution in [2.24, 2.45) is 0 Å². The molecule has 0 unspecified atom stereocenters. The second-order valence-corrected chi connectivity index (χ2v) is 4.19. The summed E-state index contributed by atoms with van der Waals surface area (Å²) < 4.78 is 2.41. The molecule has 0 amide bonds. The van der Waals surface area contributed by atoms with Crippen molar-refractivity contribution in [3.8, 4) is 5.95 Å². The molecule has 7 nitrogen and oxygen atoms in total. The summed E-state index contributed by atoms with van der Waals surface area (Å²) in [6, 6.07) is 0. The smallest absolute Gasteiger partial charge is 0.258 e. The van der Waals surface area contributed by atoms with Crippen LogP contribution in [0.15, 0.2) is 16.9 Å². The van der Waals surface area contributed by atoms with Gasteiger partial charge in [0.25, 0.3) is 5.95 Å². The average Bonchev–Trinajstić information content (AvgIpc) is 2.57. The molecule has 0 saturated heterocycles. The van der Waals surface area contributed by atoms with E-state index in [1.165, 1.54) is 4.68 Å². The summed E-state index contributed by atoms with van der Waals surface area (Å²) in [5, 5.41) is 14.7. The van der Waals surface area contributed by atoms with Gasteiger partial charge in [0.2, 0.25) is 0 Å². The van der Waals surface area contributed by atoms with Crippen molar-refractivity contribution < 1.29 is 4.92 Å². The third kappa shape index (κ3) is 2.03. The van der Waals surface area contributed by atoms with Gasteiger partial charge < -0.3 is 0 Å². The lowest BCUT2D eigenvalue weighted by Gasteiger charge is -2.00. The SMILES string of the molecule is Cc1nn(-c2ncc([N+](=O)[O-])cn2)c(C)c1Br. The van der Waals surface area contributed by atoms with E-state index in [-0.39, 0.29) is 5.69 Å². The number of nitrogens with zero attached hydrogens (tertiary/aromatic N) is 5. The lowest BCUT2D eigenvalue weighted by atomic mass is 10.4. The van der Waals surface area contributed by atoms with Crippen molar-refractivity contribution >= 4 is 21.6 Å². The Labute approximate surface area is 105 Å². The second-order valence-electron chi connectivity index (χ2n) is 3.39. The molecule has 0 aliphatic heterocycles. The highest BCUT2D eigenvalue weighted by molar-refractivity contribution is 9.10. The van der Waals surface area contributed by atoms with Crippen LogP contribution in [-0.2, 0) is 0 Å². The standard InChI is InChI=1S/C9H8BrN5O2/c1-5-8(10)6(2)14(13-5)9-11-3-7(4-12-9)15(16)17/h3-4H,1-2H3. The largest absolute Gasteiger partial charge is 0.305 e. The van der Waals surface area contributed by atoms with E-state index in [0.717, 1.165) is 28.3 Å². The van der Waals surface area contributed by atoms with E-state index in [0.29, 0.717) is 5.95 Å². The van der Waals surface area contributed by atoms with Gasteiger partial charge in [-0.05, 0) is 29.8 Å². The maximum absolute atomic E-state index is 10.5. The molecule has 0 fully saturated rings. The first-order valence-electron chi connectivity index (χ1n) is 4.69. The predicted octanol–water partition coefficient (Wildman–Crippen LogP) is 1.95. The zero-order valence-electron chi connectivity index (χ0n) is 9.09. The summed E-state index contributed by atoms with van der Waals surface area (Å²) in [5.74, 6) is 0.307. The Bertz CT molecular complexity index is 578. The Kier molecular flexibility index (Phi) is 2.88. The van der Waals surface area contributed by atoms with Gasteiger partial charge in [-0.1, -0.05) is 0 Å². The summed E-state index contributed by atoms with van der Waals surface area (Å²) in [5.41, 5.74) is 1.51. The number of hydrogen-bond acceptors (Lipinski definition) is 5. The lowest BCUT2D eigenvalue weighted by molar-refractivity contribution is -0.385. The Morgan fingerprint density at radius 3 is 2.35 bits per heavy atom. The molecule has 2 heterocycles. The highest BCUT2D eigenvalue weighted by Gasteiger charge is 2.13. The first kappa shape index (κ1) is 11.6. The molecule has 17 heavy (non-hydrogen) atoms. The van der Waals surface area contributed by atoms with Crippen molar-refractivity contribution in [2.75, 3.05) is 0 Å². The van der Waals surface area contributed by atoms with Crippen molar-refractivity contribution in [3.05, 3.63) is 38.4 Å². The molecule has 88 valence electrons. The van der Waals surface area contributed by atoms with Crippen LogP contribution in [0.3, 0.4) is 0 Å². The number of rotatable bonds is 2. The van der Waals surface area contributed by atoms with Crippen LogP contribution in [0.4, 0.5) is 5.69 Å². The van der Waals surface area contributed by atoms with E-state index in [4.69, 9.17) is 0 Å². The quantitative estimate of drug-likeness (QED) is 0.624. The summed E-state index contributed by atoms with van der Waals surface area (Å²) in [6.45, 7) is 3.70. The molecular weight excluding hydrogens is 290 g/mol. The fraction of sp³-hybridized carbons (Fsp3) is 0.222. The van der Waals surface area contributed by atoms with Crippen LogP contribution in [0.1, 0.15) is 11.4 Å². The molecule has 0 aliphatic rings. The highest BCUT2D eigenvalue weighted by Crippen LogP contribution is 2.21. The van der Waals surface area contributed by atoms with Crippen LogP contribution < -0.4 is 0 Å². The molecule has 0 aliphatic carbocycles. The van der Waals surface area contributed by atoms with E-state index >= 15 is 0 Å². The topological polar surface area (TPSA) is 86.7 Å². The molecule has 0 saturated carbocycles. The van der Waals surface area contributed by atoms with E-state index in [1.54, 1.807) is 0 Å².